The van der Waals surface area contributed by atoms with Gasteiger partial charge in [-0.2, -0.15) is 0 Å². The summed E-state index contributed by atoms with van der Waals surface area (Å²) in [6.07, 6.45) is 2.63. The molecule has 15 heavy (non-hydrogen) atoms. The van der Waals surface area contributed by atoms with Crippen molar-refractivity contribution in [1.29, 1.82) is 0 Å². The molecule has 3 heteroatoms. The van der Waals surface area contributed by atoms with Crippen molar-refractivity contribution in [1.82, 2.24) is 10.3 Å². The Morgan fingerprint density at radius 1 is 1.47 bits per heavy atom. The van der Waals surface area contributed by atoms with Crippen LogP contribution in [0.2, 0.25) is 0 Å². The van der Waals surface area contributed by atoms with Gasteiger partial charge in [0.05, 0.1) is 6.61 Å². The molecular formula is C12H18N2O. The lowest BCUT2D eigenvalue weighted by Gasteiger charge is -2.08. The highest BCUT2D eigenvalue weighted by atomic mass is 16.5. The van der Waals surface area contributed by atoms with Crippen LogP contribution in [-0.2, 0) is 6.54 Å². The first-order valence-corrected chi connectivity index (χ1v) is 5.53. The van der Waals surface area contributed by atoms with Gasteiger partial charge in [-0.25, -0.2) is 4.98 Å². The summed E-state index contributed by atoms with van der Waals surface area (Å²) in [6.45, 7) is 3.72. The Labute approximate surface area is 90.9 Å². The fourth-order valence-electron chi connectivity index (χ4n) is 1.51. The van der Waals surface area contributed by atoms with Gasteiger partial charge in [0.25, 0.3) is 0 Å². The van der Waals surface area contributed by atoms with Crippen molar-refractivity contribution >= 4 is 0 Å². The summed E-state index contributed by atoms with van der Waals surface area (Å²) < 4.78 is 5.61. The number of rotatable bonds is 5. The predicted molar refractivity (Wildman–Crippen MR) is 60.0 cm³/mol. The minimum Gasteiger partial charge on any atom is -0.477 e. The zero-order valence-corrected chi connectivity index (χ0v) is 9.42. The van der Waals surface area contributed by atoms with E-state index in [1.54, 1.807) is 0 Å². The lowest BCUT2D eigenvalue weighted by atomic mass is 10.2. The number of hydrogen-bond donors (Lipinski definition) is 1. The van der Waals surface area contributed by atoms with Crippen LogP contribution < -0.4 is 10.1 Å². The normalized spacial score (nSPS) is 15.3. The molecule has 0 bridgehead atoms. The van der Waals surface area contributed by atoms with Crippen LogP contribution in [0.5, 0.6) is 5.88 Å². The number of hydrogen-bond acceptors (Lipinski definition) is 3. The average Bonchev–Trinajstić information content (AvgIpc) is 3.03. The zero-order chi connectivity index (χ0) is 10.7. The van der Waals surface area contributed by atoms with E-state index in [1.807, 2.05) is 20.0 Å². The molecule has 1 saturated carbocycles. The molecule has 0 aliphatic heterocycles. The quantitative estimate of drug-likeness (QED) is 0.799. The van der Waals surface area contributed by atoms with Crippen molar-refractivity contribution in [2.24, 2.45) is 5.92 Å². The Bertz CT molecular complexity index is 334. The smallest absolute Gasteiger partial charge is 0.213 e. The maximum Gasteiger partial charge on any atom is 0.213 e. The van der Waals surface area contributed by atoms with Crippen LogP contribution in [0.25, 0.3) is 0 Å². The minimum atomic E-state index is 0.763. The first kappa shape index (κ1) is 10.4. The summed E-state index contributed by atoms with van der Waals surface area (Å²) in [6, 6.07) is 4.04. The average molecular weight is 206 g/mol. The third-order valence-electron chi connectivity index (χ3n) is 2.70. The topological polar surface area (TPSA) is 34.1 Å². The Morgan fingerprint density at radius 3 is 2.87 bits per heavy atom. The molecule has 0 spiro atoms. The number of ether oxygens (including phenoxy) is 1. The molecule has 0 amide bonds. The molecule has 0 aromatic carbocycles. The van der Waals surface area contributed by atoms with E-state index in [1.165, 1.54) is 18.4 Å². The molecule has 0 atom stereocenters. The van der Waals surface area contributed by atoms with Crippen molar-refractivity contribution in [3.05, 3.63) is 23.4 Å². The van der Waals surface area contributed by atoms with Crippen molar-refractivity contribution < 1.29 is 4.74 Å². The SMILES string of the molecule is CNCc1ccc(OCC2CC2)nc1C. The Morgan fingerprint density at radius 2 is 2.27 bits per heavy atom. The molecule has 1 aliphatic rings. The van der Waals surface area contributed by atoms with Gasteiger partial charge in [-0.05, 0) is 38.3 Å². The van der Waals surface area contributed by atoms with Crippen molar-refractivity contribution in [3.63, 3.8) is 0 Å². The van der Waals surface area contributed by atoms with Gasteiger partial charge in [-0.3, -0.25) is 0 Å². The van der Waals surface area contributed by atoms with Crippen LogP contribution in [0.4, 0.5) is 0 Å². The van der Waals surface area contributed by atoms with Crippen LogP contribution in [-0.4, -0.2) is 18.6 Å². The maximum absolute atomic E-state index is 5.61. The maximum atomic E-state index is 5.61. The second-order valence-corrected chi connectivity index (χ2v) is 4.18. The monoisotopic (exact) mass is 206 g/mol. The molecule has 2 rings (SSSR count). The molecular weight excluding hydrogens is 188 g/mol. The first-order chi connectivity index (χ1) is 7.29. The van der Waals surface area contributed by atoms with E-state index in [0.29, 0.717) is 0 Å². The van der Waals surface area contributed by atoms with Gasteiger partial charge in [0, 0.05) is 18.3 Å². The van der Waals surface area contributed by atoms with Crippen LogP contribution in [0.3, 0.4) is 0 Å². The zero-order valence-electron chi connectivity index (χ0n) is 9.42. The molecule has 1 N–H and O–H groups in total. The van der Waals surface area contributed by atoms with Crippen LogP contribution in [0.1, 0.15) is 24.1 Å². The van der Waals surface area contributed by atoms with E-state index in [0.717, 1.165) is 30.6 Å². The van der Waals surface area contributed by atoms with Crippen LogP contribution in [0.15, 0.2) is 12.1 Å². The summed E-state index contributed by atoms with van der Waals surface area (Å²) in [7, 11) is 1.94. The lowest BCUT2D eigenvalue weighted by Crippen LogP contribution is -2.08. The van der Waals surface area contributed by atoms with Gasteiger partial charge >= 0.3 is 0 Å². The summed E-state index contributed by atoms with van der Waals surface area (Å²) >= 11 is 0. The largest absolute Gasteiger partial charge is 0.477 e. The number of nitrogens with zero attached hydrogens (tertiary/aromatic N) is 1. The molecule has 0 radical (unpaired) electrons. The summed E-state index contributed by atoms with van der Waals surface area (Å²) in [5.41, 5.74) is 2.29. The highest BCUT2D eigenvalue weighted by Gasteiger charge is 2.22. The molecule has 0 unspecified atom stereocenters. The fourth-order valence-corrected chi connectivity index (χ4v) is 1.51. The Balaban J connectivity index is 1.96. The minimum absolute atomic E-state index is 0.763. The van der Waals surface area contributed by atoms with Crippen molar-refractivity contribution in [2.75, 3.05) is 13.7 Å². The first-order valence-electron chi connectivity index (χ1n) is 5.53. The van der Waals surface area contributed by atoms with Gasteiger partial charge in [-0.1, -0.05) is 6.07 Å². The molecule has 82 valence electrons. The van der Waals surface area contributed by atoms with Crippen molar-refractivity contribution in [3.8, 4) is 5.88 Å². The van der Waals surface area contributed by atoms with E-state index in [-0.39, 0.29) is 0 Å². The third-order valence-corrected chi connectivity index (χ3v) is 2.70. The van der Waals surface area contributed by atoms with E-state index in [9.17, 15) is 0 Å². The molecule has 1 heterocycles. The molecule has 3 nitrogen and oxygen atoms in total. The number of pyridine rings is 1. The Kier molecular flexibility index (Phi) is 3.21. The van der Waals surface area contributed by atoms with Gasteiger partial charge in [0.2, 0.25) is 5.88 Å². The highest BCUT2D eigenvalue weighted by molar-refractivity contribution is 5.24. The van der Waals surface area contributed by atoms with Gasteiger partial charge in [0.1, 0.15) is 0 Å². The van der Waals surface area contributed by atoms with Gasteiger partial charge < -0.3 is 10.1 Å². The van der Waals surface area contributed by atoms with E-state index < -0.39 is 0 Å². The molecule has 1 aromatic heterocycles. The molecule has 1 aromatic rings. The summed E-state index contributed by atoms with van der Waals surface area (Å²) in [5.74, 6) is 1.54. The second-order valence-electron chi connectivity index (χ2n) is 4.18. The highest BCUT2D eigenvalue weighted by Crippen LogP contribution is 2.29. The number of nitrogens with one attached hydrogen (secondary N) is 1. The Hall–Kier alpha value is -1.09. The lowest BCUT2D eigenvalue weighted by molar-refractivity contribution is 0.288. The molecule has 1 fully saturated rings. The van der Waals surface area contributed by atoms with Crippen LogP contribution in [0, 0.1) is 12.8 Å². The second kappa shape index (κ2) is 4.62. The molecule has 1 aliphatic carbocycles. The van der Waals surface area contributed by atoms with Crippen molar-refractivity contribution in [2.45, 2.75) is 26.3 Å². The number of aryl methyl sites for hydroxylation is 1. The third kappa shape index (κ3) is 2.93. The van der Waals surface area contributed by atoms with Gasteiger partial charge in [-0.15, -0.1) is 0 Å². The van der Waals surface area contributed by atoms with E-state index in [4.69, 9.17) is 4.74 Å². The van der Waals surface area contributed by atoms with E-state index >= 15 is 0 Å². The summed E-state index contributed by atoms with van der Waals surface area (Å²) in [5, 5.41) is 3.12. The van der Waals surface area contributed by atoms with Crippen LogP contribution >= 0.6 is 0 Å². The number of aromatic nitrogens is 1. The molecule has 0 saturated heterocycles. The summed E-state index contributed by atoms with van der Waals surface area (Å²) in [4.78, 5) is 4.43. The predicted octanol–water partition coefficient (Wildman–Crippen LogP) is 1.90. The van der Waals surface area contributed by atoms with E-state index in [2.05, 4.69) is 16.4 Å². The standard InChI is InChI=1S/C12H18N2O/c1-9-11(7-13-2)5-6-12(14-9)15-8-10-3-4-10/h5-6,10,13H,3-4,7-8H2,1-2H3. The van der Waals surface area contributed by atoms with Gasteiger partial charge in [0.15, 0.2) is 0 Å². The fraction of sp³-hybridized carbons (Fsp3) is 0.583.